The molecule has 4 nitrogen and oxygen atoms in total. The van der Waals surface area contributed by atoms with Crippen LogP contribution in [0.5, 0.6) is 0 Å². The second kappa shape index (κ2) is 4.94. The Morgan fingerprint density at radius 1 is 1.71 bits per heavy atom. The highest BCUT2D eigenvalue weighted by atomic mass is 35.5. The fraction of sp³-hybridized carbons (Fsp3) is 0.545. The van der Waals surface area contributed by atoms with Gasteiger partial charge in [-0.15, -0.1) is 11.3 Å². The van der Waals surface area contributed by atoms with Gasteiger partial charge in [-0.3, -0.25) is 4.79 Å². The molecule has 1 aliphatic heterocycles. The molecule has 1 aliphatic rings. The third kappa shape index (κ3) is 2.80. The van der Waals surface area contributed by atoms with Crippen molar-refractivity contribution in [1.29, 1.82) is 0 Å². The molecule has 2 rings (SSSR count). The van der Waals surface area contributed by atoms with Gasteiger partial charge >= 0.3 is 0 Å². The molecule has 0 bridgehead atoms. The van der Waals surface area contributed by atoms with E-state index in [1.807, 2.05) is 12.1 Å². The summed E-state index contributed by atoms with van der Waals surface area (Å²) in [5.74, 6) is -0.0699. The Bertz CT molecular complexity index is 415. The Morgan fingerprint density at radius 3 is 3.00 bits per heavy atom. The molecule has 1 amide bonds. The molecule has 1 fully saturated rings. The number of halogens is 1. The van der Waals surface area contributed by atoms with E-state index in [-0.39, 0.29) is 5.91 Å². The van der Waals surface area contributed by atoms with Crippen molar-refractivity contribution in [3.05, 3.63) is 21.3 Å². The van der Waals surface area contributed by atoms with Crippen LogP contribution in [0.15, 0.2) is 12.1 Å². The monoisotopic (exact) mass is 274 g/mol. The first kappa shape index (κ1) is 12.8. The molecule has 0 saturated carbocycles. The number of amides is 1. The minimum Gasteiger partial charge on any atom is -0.379 e. The summed E-state index contributed by atoms with van der Waals surface area (Å²) in [6.45, 7) is 1.40. The van der Waals surface area contributed by atoms with Gasteiger partial charge in [0.1, 0.15) is 5.54 Å². The van der Waals surface area contributed by atoms with Gasteiger partial charge in [0, 0.05) is 18.5 Å². The van der Waals surface area contributed by atoms with Crippen LogP contribution in [-0.4, -0.2) is 36.6 Å². The van der Waals surface area contributed by atoms with E-state index in [9.17, 15) is 4.79 Å². The van der Waals surface area contributed by atoms with E-state index < -0.39 is 5.54 Å². The molecule has 1 aromatic heterocycles. The highest BCUT2D eigenvalue weighted by Crippen LogP contribution is 2.24. The molecule has 0 aromatic carbocycles. The summed E-state index contributed by atoms with van der Waals surface area (Å²) in [5.41, 5.74) is 5.17. The SMILES string of the molecule is CN(Cc1ccc(Cl)s1)C(=O)C1(N)CCOC1. The Morgan fingerprint density at radius 2 is 2.47 bits per heavy atom. The summed E-state index contributed by atoms with van der Waals surface area (Å²) in [7, 11) is 1.75. The molecule has 17 heavy (non-hydrogen) atoms. The van der Waals surface area contributed by atoms with Crippen molar-refractivity contribution in [2.24, 2.45) is 5.73 Å². The van der Waals surface area contributed by atoms with Gasteiger partial charge in [-0.1, -0.05) is 11.6 Å². The van der Waals surface area contributed by atoms with E-state index in [1.165, 1.54) is 11.3 Å². The lowest BCUT2D eigenvalue weighted by Gasteiger charge is -2.27. The highest BCUT2D eigenvalue weighted by molar-refractivity contribution is 7.16. The number of rotatable bonds is 3. The van der Waals surface area contributed by atoms with Gasteiger partial charge in [-0.05, 0) is 18.6 Å². The molecule has 2 heterocycles. The minimum atomic E-state index is -0.851. The van der Waals surface area contributed by atoms with Crippen molar-refractivity contribution in [1.82, 2.24) is 4.90 Å². The number of hydrogen-bond acceptors (Lipinski definition) is 4. The molecule has 1 atom stereocenters. The average molecular weight is 275 g/mol. The zero-order chi connectivity index (χ0) is 12.5. The van der Waals surface area contributed by atoms with Crippen LogP contribution in [0.4, 0.5) is 0 Å². The number of thiophene rings is 1. The predicted molar refractivity (Wildman–Crippen MR) is 68.2 cm³/mol. The van der Waals surface area contributed by atoms with Crippen molar-refractivity contribution >= 4 is 28.8 Å². The highest BCUT2D eigenvalue weighted by Gasteiger charge is 2.40. The van der Waals surface area contributed by atoms with Crippen molar-refractivity contribution in [2.45, 2.75) is 18.5 Å². The van der Waals surface area contributed by atoms with Crippen LogP contribution in [0.2, 0.25) is 4.34 Å². The molecule has 2 N–H and O–H groups in total. The van der Waals surface area contributed by atoms with E-state index in [0.717, 1.165) is 9.21 Å². The summed E-state index contributed by atoms with van der Waals surface area (Å²) >= 11 is 7.32. The van der Waals surface area contributed by atoms with Crippen LogP contribution in [0.25, 0.3) is 0 Å². The topological polar surface area (TPSA) is 55.6 Å². The third-order valence-electron chi connectivity index (χ3n) is 2.85. The summed E-state index contributed by atoms with van der Waals surface area (Å²) in [6.07, 6.45) is 0.585. The summed E-state index contributed by atoms with van der Waals surface area (Å²) < 4.78 is 5.92. The van der Waals surface area contributed by atoms with Crippen molar-refractivity contribution in [2.75, 3.05) is 20.3 Å². The maximum absolute atomic E-state index is 12.2. The molecule has 6 heteroatoms. The first-order valence-electron chi connectivity index (χ1n) is 5.38. The first-order valence-corrected chi connectivity index (χ1v) is 6.57. The number of nitrogens with two attached hydrogens (primary N) is 1. The largest absolute Gasteiger partial charge is 0.379 e. The normalized spacial score (nSPS) is 23.9. The first-order chi connectivity index (χ1) is 8.01. The Hall–Kier alpha value is -0.620. The molecule has 0 spiro atoms. The average Bonchev–Trinajstić information content (AvgIpc) is 2.88. The number of ether oxygens (including phenoxy) is 1. The smallest absolute Gasteiger partial charge is 0.245 e. The van der Waals surface area contributed by atoms with Crippen LogP contribution in [-0.2, 0) is 16.1 Å². The Labute approximate surface area is 109 Å². The third-order valence-corrected chi connectivity index (χ3v) is 4.06. The van der Waals surface area contributed by atoms with Crippen molar-refractivity contribution in [3.8, 4) is 0 Å². The van der Waals surface area contributed by atoms with Gasteiger partial charge < -0.3 is 15.4 Å². The quantitative estimate of drug-likeness (QED) is 0.908. The van der Waals surface area contributed by atoms with Crippen LogP contribution in [0, 0.1) is 0 Å². The van der Waals surface area contributed by atoms with E-state index in [1.54, 1.807) is 11.9 Å². The summed E-state index contributed by atoms with van der Waals surface area (Å²) in [5, 5.41) is 0. The Kier molecular flexibility index (Phi) is 3.73. The Balaban J connectivity index is 2.00. The summed E-state index contributed by atoms with van der Waals surface area (Å²) in [4.78, 5) is 14.9. The summed E-state index contributed by atoms with van der Waals surface area (Å²) in [6, 6.07) is 3.75. The number of nitrogens with zero attached hydrogens (tertiary/aromatic N) is 1. The number of likely N-dealkylation sites (N-methyl/N-ethyl adjacent to an activating group) is 1. The molecule has 1 unspecified atom stereocenters. The minimum absolute atomic E-state index is 0.0699. The lowest BCUT2D eigenvalue weighted by Crippen LogP contribution is -2.54. The van der Waals surface area contributed by atoms with Gasteiger partial charge in [0.25, 0.3) is 0 Å². The van der Waals surface area contributed by atoms with Gasteiger partial charge in [-0.2, -0.15) is 0 Å². The second-order valence-electron chi connectivity index (χ2n) is 4.33. The maximum Gasteiger partial charge on any atom is 0.245 e. The number of carbonyl (C=O) groups is 1. The number of carbonyl (C=O) groups excluding carboxylic acids is 1. The molecule has 1 saturated heterocycles. The van der Waals surface area contributed by atoms with Crippen LogP contribution >= 0.6 is 22.9 Å². The lowest BCUT2D eigenvalue weighted by atomic mass is 9.98. The molecular weight excluding hydrogens is 260 g/mol. The number of hydrogen-bond donors (Lipinski definition) is 1. The lowest BCUT2D eigenvalue weighted by molar-refractivity contribution is -0.136. The van der Waals surface area contributed by atoms with E-state index in [2.05, 4.69) is 0 Å². The van der Waals surface area contributed by atoms with Crippen LogP contribution in [0.1, 0.15) is 11.3 Å². The fourth-order valence-electron chi connectivity index (χ4n) is 1.87. The van der Waals surface area contributed by atoms with Gasteiger partial charge in [0.15, 0.2) is 0 Å². The predicted octanol–water partition coefficient (Wildman–Crippen LogP) is 1.48. The van der Waals surface area contributed by atoms with E-state index in [0.29, 0.717) is 26.2 Å². The van der Waals surface area contributed by atoms with E-state index >= 15 is 0 Å². The second-order valence-corrected chi connectivity index (χ2v) is 6.13. The fourth-order valence-corrected chi connectivity index (χ4v) is 3.01. The van der Waals surface area contributed by atoms with E-state index in [4.69, 9.17) is 22.1 Å². The van der Waals surface area contributed by atoms with Gasteiger partial charge in [0.05, 0.1) is 17.5 Å². The molecule has 94 valence electrons. The molecule has 0 radical (unpaired) electrons. The van der Waals surface area contributed by atoms with Gasteiger partial charge in [0.2, 0.25) is 5.91 Å². The molecular formula is C11H15ClN2O2S. The molecule has 0 aliphatic carbocycles. The molecule has 1 aromatic rings. The van der Waals surface area contributed by atoms with Crippen molar-refractivity contribution in [3.63, 3.8) is 0 Å². The van der Waals surface area contributed by atoms with Crippen molar-refractivity contribution < 1.29 is 9.53 Å². The zero-order valence-corrected chi connectivity index (χ0v) is 11.2. The van der Waals surface area contributed by atoms with Gasteiger partial charge in [-0.25, -0.2) is 0 Å². The zero-order valence-electron chi connectivity index (χ0n) is 9.61. The van der Waals surface area contributed by atoms with Crippen LogP contribution in [0.3, 0.4) is 0 Å². The van der Waals surface area contributed by atoms with Crippen LogP contribution < -0.4 is 5.73 Å². The maximum atomic E-state index is 12.2. The standard InChI is InChI=1S/C11H15ClN2O2S/c1-14(6-8-2-3-9(12)17-8)10(15)11(13)4-5-16-7-11/h2-3H,4-7,13H2,1H3.